The topological polar surface area (TPSA) is 0 Å². The second kappa shape index (κ2) is 5.87. The summed E-state index contributed by atoms with van der Waals surface area (Å²) in [5.74, 6) is 0. The molecule has 0 aliphatic heterocycles. The molecule has 0 aromatic heterocycles. The van der Waals surface area contributed by atoms with Crippen molar-refractivity contribution in [3.05, 3.63) is 82.3 Å². The molecule has 0 radical (unpaired) electrons. The van der Waals surface area contributed by atoms with Crippen LogP contribution in [0, 0.1) is 13.8 Å². The summed E-state index contributed by atoms with van der Waals surface area (Å²) in [7, 11) is 0. The van der Waals surface area contributed by atoms with Gasteiger partial charge in [-0.15, -0.1) is 0 Å². The fourth-order valence-electron chi connectivity index (χ4n) is 2.73. The van der Waals surface area contributed by atoms with Gasteiger partial charge in [0, 0.05) is 4.47 Å². The molecule has 0 saturated heterocycles. The van der Waals surface area contributed by atoms with Crippen LogP contribution in [0.1, 0.15) is 11.1 Å². The molecule has 0 saturated carbocycles. The van der Waals surface area contributed by atoms with Crippen molar-refractivity contribution in [3.8, 4) is 22.3 Å². The second-order valence-electron chi connectivity index (χ2n) is 5.35. The van der Waals surface area contributed by atoms with E-state index < -0.39 is 0 Å². The van der Waals surface area contributed by atoms with Crippen LogP contribution in [0.4, 0.5) is 0 Å². The van der Waals surface area contributed by atoms with Crippen molar-refractivity contribution in [2.45, 2.75) is 13.8 Å². The summed E-state index contributed by atoms with van der Waals surface area (Å²) in [6, 6.07) is 23.6. The Labute approximate surface area is 134 Å². The first kappa shape index (κ1) is 14.1. The summed E-state index contributed by atoms with van der Waals surface area (Å²) in [5, 5.41) is 0. The molecule has 0 spiro atoms. The van der Waals surface area contributed by atoms with E-state index in [4.69, 9.17) is 0 Å². The molecule has 0 amide bonds. The van der Waals surface area contributed by atoms with Gasteiger partial charge in [-0.25, -0.2) is 0 Å². The molecule has 1 heteroatoms. The zero-order chi connectivity index (χ0) is 14.8. The summed E-state index contributed by atoms with van der Waals surface area (Å²) >= 11 is 3.76. The van der Waals surface area contributed by atoms with Crippen LogP contribution in [0.25, 0.3) is 22.3 Å². The molecule has 0 atom stereocenters. The van der Waals surface area contributed by atoms with Crippen LogP contribution >= 0.6 is 15.9 Å². The predicted octanol–water partition coefficient (Wildman–Crippen LogP) is 6.40. The lowest BCUT2D eigenvalue weighted by Crippen LogP contribution is -1.89. The molecular formula is C20H17Br. The first-order chi connectivity index (χ1) is 10.2. The van der Waals surface area contributed by atoms with Crippen LogP contribution in [0.2, 0.25) is 0 Å². The predicted molar refractivity (Wildman–Crippen MR) is 94.5 cm³/mol. The van der Waals surface area contributed by atoms with Gasteiger partial charge in [0.1, 0.15) is 0 Å². The van der Waals surface area contributed by atoms with Crippen molar-refractivity contribution in [3.63, 3.8) is 0 Å². The van der Waals surface area contributed by atoms with Gasteiger partial charge in [0.15, 0.2) is 0 Å². The van der Waals surface area contributed by atoms with Crippen molar-refractivity contribution < 1.29 is 0 Å². The Kier molecular flexibility index (Phi) is 3.94. The highest BCUT2D eigenvalue weighted by molar-refractivity contribution is 9.10. The quantitative estimate of drug-likeness (QED) is 0.507. The number of benzene rings is 3. The molecule has 0 aliphatic carbocycles. The van der Waals surface area contributed by atoms with Crippen LogP contribution in [-0.2, 0) is 0 Å². The van der Waals surface area contributed by atoms with E-state index in [1.54, 1.807) is 0 Å². The first-order valence-corrected chi connectivity index (χ1v) is 7.87. The summed E-state index contributed by atoms with van der Waals surface area (Å²) in [6.45, 7) is 4.29. The van der Waals surface area contributed by atoms with E-state index in [1.807, 2.05) is 0 Å². The monoisotopic (exact) mass is 336 g/mol. The maximum absolute atomic E-state index is 3.76. The fourth-order valence-corrected chi connectivity index (χ4v) is 3.18. The molecule has 21 heavy (non-hydrogen) atoms. The van der Waals surface area contributed by atoms with Gasteiger partial charge in [0.2, 0.25) is 0 Å². The third-order valence-electron chi connectivity index (χ3n) is 3.70. The number of halogens is 1. The van der Waals surface area contributed by atoms with Gasteiger partial charge in [-0.2, -0.15) is 0 Å². The molecule has 0 unspecified atom stereocenters. The highest BCUT2D eigenvalue weighted by atomic mass is 79.9. The summed E-state index contributed by atoms with van der Waals surface area (Å²) in [6.07, 6.45) is 0. The van der Waals surface area contributed by atoms with Crippen molar-refractivity contribution in [2.24, 2.45) is 0 Å². The van der Waals surface area contributed by atoms with Crippen LogP contribution in [0.15, 0.2) is 71.2 Å². The van der Waals surface area contributed by atoms with Crippen molar-refractivity contribution >= 4 is 15.9 Å². The van der Waals surface area contributed by atoms with E-state index in [0.29, 0.717) is 0 Å². The average Bonchev–Trinajstić information content (AvgIpc) is 2.52. The minimum absolute atomic E-state index is 1.18. The second-order valence-corrected chi connectivity index (χ2v) is 6.15. The van der Waals surface area contributed by atoms with Crippen molar-refractivity contribution in [1.29, 1.82) is 0 Å². The zero-order valence-corrected chi connectivity index (χ0v) is 13.8. The van der Waals surface area contributed by atoms with Gasteiger partial charge in [-0.05, 0) is 57.6 Å². The molecule has 3 aromatic rings. The highest BCUT2D eigenvalue weighted by Crippen LogP contribution is 2.37. The van der Waals surface area contributed by atoms with E-state index in [2.05, 4.69) is 96.5 Å². The van der Waals surface area contributed by atoms with Crippen LogP contribution in [-0.4, -0.2) is 0 Å². The zero-order valence-electron chi connectivity index (χ0n) is 12.2. The smallest absolute Gasteiger partial charge is 0.0283 e. The molecule has 3 aromatic carbocycles. The number of aryl methyl sites for hydroxylation is 2. The Hall–Kier alpha value is -1.86. The lowest BCUT2D eigenvalue weighted by molar-refractivity contribution is 1.36. The summed E-state index contributed by atoms with van der Waals surface area (Å²) in [4.78, 5) is 0. The Morgan fingerprint density at radius 2 is 1.29 bits per heavy atom. The molecule has 104 valence electrons. The molecular weight excluding hydrogens is 320 g/mol. The number of rotatable bonds is 2. The number of hydrogen-bond acceptors (Lipinski definition) is 0. The fraction of sp³-hybridized carbons (Fsp3) is 0.100. The minimum Gasteiger partial charge on any atom is -0.0622 e. The van der Waals surface area contributed by atoms with E-state index >= 15 is 0 Å². The van der Waals surface area contributed by atoms with Gasteiger partial charge in [-0.3, -0.25) is 0 Å². The average molecular weight is 337 g/mol. The van der Waals surface area contributed by atoms with Crippen LogP contribution in [0.3, 0.4) is 0 Å². The Morgan fingerprint density at radius 1 is 0.667 bits per heavy atom. The largest absolute Gasteiger partial charge is 0.0622 e. The molecule has 3 rings (SSSR count). The third-order valence-corrected chi connectivity index (χ3v) is 4.75. The maximum Gasteiger partial charge on any atom is 0.0283 e. The highest BCUT2D eigenvalue weighted by Gasteiger charge is 2.11. The maximum atomic E-state index is 3.76. The van der Waals surface area contributed by atoms with Crippen molar-refractivity contribution in [2.75, 3.05) is 0 Å². The standard InChI is InChI=1S/C20H17Br/c1-14-12-15(2)20(21)19(13-14)18-11-7-6-10-17(18)16-8-4-3-5-9-16/h3-13H,1-2H3. The van der Waals surface area contributed by atoms with Gasteiger partial charge in [-0.1, -0.05) is 72.3 Å². The van der Waals surface area contributed by atoms with E-state index in [-0.39, 0.29) is 0 Å². The SMILES string of the molecule is Cc1cc(C)c(Br)c(-c2ccccc2-c2ccccc2)c1. The van der Waals surface area contributed by atoms with Crippen LogP contribution in [0.5, 0.6) is 0 Å². The van der Waals surface area contributed by atoms with Crippen molar-refractivity contribution in [1.82, 2.24) is 0 Å². The molecule has 0 N–H and O–H groups in total. The Morgan fingerprint density at radius 3 is 2.00 bits per heavy atom. The molecule has 0 bridgehead atoms. The molecule has 0 heterocycles. The summed E-state index contributed by atoms with van der Waals surface area (Å²) < 4.78 is 1.18. The molecule has 0 nitrogen and oxygen atoms in total. The number of hydrogen-bond donors (Lipinski definition) is 0. The molecule has 0 fully saturated rings. The van der Waals surface area contributed by atoms with Crippen LogP contribution < -0.4 is 0 Å². The third kappa shape index (κ3) is 2.79. The van der Waals surface area contributed by atoms with E-state index in [1.165, 1.54) is 37.9 Å². The lowest BCUT2D eigenvalue weighted by Gasteiger charge is -2.14. The van der Waals surface area contributed by atoms with Gasteiger partial charge >= 0.3 is 0 Å². The Balaban J connectivity index is 2.26. The summed E-state index contributed by atoms with van der Waals surface area (Å²) in [5.41, 5.74) is 7.60. The van der Waals surface area contributed by atoms with Gasteiger partial charge in [0.25, 0.3) is 0 Å². The van der Waals surface area contributed by atoms with E-state index in [9.17, 15) is 0 Å². The minimum atomic E-state index is 1.18. The van der Waals surface area contributed by atoms with E-state index in [0.717, 1.165) is 0 Å². The first-order valence-electron chi connectivity index (χ1n) is 7.08. The van der Waals surface area contributed by atoms with Gasteiger partial charge in [0.05, 0.1) is 0 Å². The van der Waals surface area contributed by atoms with Gasteiger partial charge < -0.3 is 0 Å². The Bertz CT molecular complexity index is 773. The molecule has 0 aliphatic rings. The normalized spacial score (nSPS) is 10.6. The lowest BCUT2D eigenvalue weighted by atomic mass is 9.93.